The van der Waals surface area contributed by atoms with Crippen molar-refractivity contribution in [2.24, 2.45) is 0 Å². The molecule has 0 saturated heterocycles. The van der Waals surface area contributed by atoms with Crippen molar-refractivity contribution in [1.29, 1.82) is 0 Å². The van der Waals surface area contributed by atoms with Crippen LogP contribution in [0, 0.1) is 0 Å². The van der Waals surface area contributed by atoms with Gasteiger partial charge in [-0.15, -0.1) is 0 Å². The predicted molar refractivity (Wildman–Crippen MR) is 290 cm³/mol. The van der Waals surface area contributed by atoms with Crippen LogP contribution in [-0.4, -0.2) is 0 Å². The van der Waals surface area contributed by atoms with Gasteiger partial charge in [0.15, 0.2) is 0 Å². The van der Waals surface area contributed by atoms with Crippen LogP contribution in [0.2, 0.25) is 0 Å². The van der Waals surface area contributed by atoms with E-state index < -0.39 is 0 Å². The molecule has 0 radical (unpaired) electrons. The number of nitrogens with zero attached hydrogens (tertiary/aromatic N) is 1. The van der Waals surface area contributed by atoms with Crippen molar-refractivity contribution in [3.63, 3.8) is 0 Å². The van der Waals surface area contributed by atoms with Gasteiger partial charge in [-0.3, -0.25) is 0 Å². The van der Waals surface area contributed by atoms with E-state index in [1.54, 1.807) is 0 Å². The van der Waals surface area contributed by atoms with Crippen LogP contribution in [-0.2, 0) is 17.3 Å². The Morgan fingerprint density at radius 2 is 0.768 bits per heavy atom. The molecule has 3 aliphatic rings. The monoisotopic (exact) mass is 883 g/mol. The molecule has 0 saturated carbocycles. The number of benzene rings is 10. The molecule has 1 nitrogen and oxygen atoms in total. The summed E-state index contributed by atoms with van der Waals surface area (Å²) in [5.41, 5.74) is 28.5. The van der Waals surface area contributed by atoms with Crippen LogP contribution in [0.25, 0.3) is 66.8 Å². The number of hydrogen-bond acceptors (Lipinski definition) is 1. The summed E-state index contributed by atoms with van der Waals surface area (Å²) in [4.78, 5) is 2.42. The topological polar surface area (TPSA) is 3.24 Å². The minimum Gasteiger partial charge on any atom is -0.310 e. The molecule has 0 bridgehead atoms. The number of rotatable bonds is 7. The first-order valence-electron chi connectivity index (χ1n) is 24.6. The zero-order chi connectivity index (χ0) is 46.4. The van der Waals surface area contributed by atoms with Gasteiger partial charge >= 0.3 is 0 Å². The standard InChI is InChI=1S/C68H53N/c1-67(2)63-21-13-11-19-55(63)57-38-37-54(41-65(57)67)69(52-33-29-47(30-34-52)45-17-9-6-10-18-45)53-35-31-48(32-36-53)50-27-28-51-40-58(49-25-23-46(24-26-49)44-15-7-5-8-16-44)61-43-66-62(42-60(61)59(51)39-50)56-20-12-14-22-64(56)68(66,3)4/h5-39,41-43,58H,40H2,1-4H3. The molecule has 0 heterocycles. The summed E-state index contributed by atoms with van der Waals surface area (Å²) >= 11 is 0. The maximum absolute atomic E-state index is 2.57. The summed E-state index contributed by atoms with van der Waals surface area (Å²) in [6.07, 6.45) is 0.957. The summed E-state index contributed by atoms with van der Waals surface area (Å²) in [6, 6.07) is 86.4. The van der Waals surface area contributed by atoms with Crippen molar-refractivity contribution in [3.8, 4) is 66.8 Å². The van der Waals surface area contributed by atoms with E-state index in [1.165, 1.54) is 106 Å². The molecule has 0 amide bonds. The maximum atomic E-state index is 2.57. The van der Waals surface area contributed by atoms with Gasteiger partial charge in [0.1, 0.15) is 0 Å². The molecule has 69 heavy (non-hydrogen) atoms. The molecule has 0 N–H and O–H groups in total. The van der Waals surface area contributed by atoms with Crippen LogP contribution in [0.5, 0.6) is 0 Å². The Kier molecular flexibility index (Phi) is 9.43. The van der Waals surface area contributed by atoms with E-state index in [2.05, 4.69) is 263 Å². The lowest BCUT2D eigenvalue weighted by Gasteiger charge is -2.31. The van der Waals surface area contributed by atoms with Crippen LogP contribution in [0.4, 0.5) is 17.1 Å². The lowest BCUT2D eigenvalue weighted by atomic mass is 9.72. The van der Waals surface area contributed by atoms with Gasteiger partial charge in [0.2, 0.25) is 0 Å². The third kappa shape index (κ3) is 6.67. The average molecular weight is 884 g/mol. The van der Waals surface area contributed by atoms with Crippen LogP contribution in [0.1, 0.15) is 72.6 Å². The van der Waals surface area contributed by atoms with Crippen LogP contribution in [0.15, 0.2) is 231 Å². The Balaban J connectivity index is 0.896. The Hall–Kier alpha value is -8.00. The van der Waals surface area contributed by atoms with Gasteiger partial charge in [0.05, 0.1) is 0 Å². The van der Waals surface area contributed by atoms with Gasteiger partial charge in [-0.1, -0.05) is 210 Å². The van der Waals surface area contributed by atoms with Crippen molar-refractivity contribution < 1.29 is 0 Å². The summed E-state index contributed by atoms with van der Waals surface area (Å²) in [6.45, 7) is 9.53. The Labute approximate surface area is 407 Å². The molecule has 10 aromatic carbocycles. The first-order chi connectivity index (χ1) is 33.7. The minimum atomic E-state index is -0.105. The van der Waals surface area contributed by atoms with E-state index in [0.717, 1.165) is 23.5 Å². The Morgan fingerprint density at radius 3 is 1.36 bits per heavy atom. The summed E-state index contributed by atoms with van der Waals surface area (Å²) < 4.78 is 0. The second-order valence-corrected chi connectivity index (χ2v) is 20.5. The van der Waals surface area contributed by atoms with E-state index in [1.807, 2.05) is 0 Å². The predicted octanol–water partition coefficient (Wildman–Crippen LogP) is 18.1. The lowest BCUT2D eigenvalue weighted by Crippen LogP contribution is -2.18. The summed E-state index contributed by atoms with van der Waals surface area (Å²) in [5, 5.41) is 0. The molecule has 0 fully saturated rings. The van der Waals surface area contributed by atoms with Crippen molar-refractivity contribution in [2.45, 2.75) is 50.9 Å². The van der Waals surface area contributed by atoms with Gasteiger partial charge < -0.3 is 4.90 Å². The fourth-order valence-electron chi connectivity index (χ4n) is 12.2. The fourth-order valence-corrected chi connectivity index (χ4v) is 12.2. The van der Waals surface area contributed by atoms with Crippen molar-refractivity contribution in [3.05, 3.63) is 269 Å². The normalized spacial score (nSPS) is 15.3. The van der Waals surface area contributed by atoms with Gasteiger partial charge in [0, 0.05) is 33.8 Å². The molecular weight excluding hydrogens is 831 g/mol. The molecule has 0 aromatic heterocycles. The molecule has 1 heteroatoms. The maximum Gasteiger partial charge on any atom is 0.0465 e. The molecule has 10 aromatic rings. The van der Waals surface area contributed by atoms with Gasteiger partial charge in [-0.2, -0.15) is 0 Å². The second kappa shape index (κ2) is 15.8. The van der Waals surface area contributed by atoms with E-state index >= 15 is 0 Å². The quantitative estimate of drug-likeness (QED) is 0.154. The Bertz CT molecular complexity index is 3600. The van der Waals surface area contributed by atoms with Gasteiger partial charge in [-0.05, 0) is 161 Å². The summed E-state index contributed by atoms with van der Waals surface area (Å²) in [5.74, 6) is 0.249. The van der Waals surface area contributed by atoms with E-state index in [4.69, 9.17) is 0 Å². The third-order valence-electron chi connectivity index (χ3n) is 15.9. The number of hydrogen-bond donors (Lipinski definition) is 0. The molecule has 0 spiro atoms. The Morgan fingerprint density at radius 1 is 0.319 bits per heavy atom. The SMILES string of the molecule is CC1(C)c2ccccc2-c2ccc(N(c3ccc(-c4ccccc4)cc3)c3ccc(-c4ccc5c(c4)-c4cc6c(cc4C(c4ccc(-c7ccccc7)cc4)C5)C(C)(C)c4ccccc4-6)cc3)cc21. The molecule has 0 aliphatic heterocycles. The number of anilines is 3. The number of fused-ring (bicyclic) bond motifs is 9. The van der Waals surface area contributed by atoms with Gasteiger partial charge in [-0.25, -0.2) is 0 Å². The first-order valence-corrected chi connectivity index (χ1v) is 24.6. The largest absolute Gasteiger partial charge is 0.310 e. The van der Waals surface area contributed by atoms with E-state index in [-0.39, 0.29) is 16.7 Å². The van der Waals surface area contributed by atoms with Crippen LogP contribution < -0.4 is 4.90 Å². The molecular formula is C68H53N. The smallest absolute Gasteiger partial charge is 0.0465 e. The second-order valence-electron chi connectivity index (χ2n) is 20.5. The average Bonchev–Trinajstić information content (AvgIpc) is 3.77. The van der Waals surface area contributed by atoms with Crippen LogP contribution >= 0.6 is 0 Å². The summed E-state index contributed by atoms with van der Waals surface area (Å²) in [7, 11) is 0. The lowest BCUT2D eigenvalue weighted by molar-refractivity contribution is 0.657. The third-order valence-corrected chi connectivity index (χ3v) is 15.9. The highest BCUT2D eigenvalue weighted by Gasteiger charge is 2.39. The van der Waals surface area contributed by atoms with E-state index in [9.17, 15) is 0 Å². The molecule has 3 aliphatic carbocycles. The molecule has 13 rings (SSSR count). The molecule has 330 valence electrons. The highest BCUT2D eigenvalue weighted by atomic mass is 15.1. The van der Waals surface area contributed by atoms with Gasteiger partial charge in [0.25, 0.3) is 0 Å². The van der Waals surface area contributed by atoms with E-state index in [0.29, 0.717) is 0 Å². The molecule has 1 unspecified atom stereocenters. The molecule has 1 atom stereocenters. The minimum absolute atomic E-state index is 0.0780. The van der Waals surface area contributed by atoms with Crippen molar-refractivity contribution in [1.82, 2.24) is 0 Å². The fraction of sp³-hybridized carbons (Fsp3) is 0.118. The van der Waals surface area contributed by atoms with Crippen LogP contribution in [0.3, 0.4) is 0 Å². The zero-order valence-electron chi connectivity index (χ0n) is 39.7. The highest BCUT2D eigenvalue weighted by molar-refractivity contribution is 5.90. The first kappa shape index (κ1) is 41.2. The van der Waals surface area contributed by atoms with Crippen molar-refractivity contribution >= 4 is 17.1 Å². The van der Waals surface area contributed by atoms with Crippen molar-refractivity contribution in [2.75, 3.05) is 4.90 Å². The zero-order valence-corrected chi connectivity index (χ0v) is 39.7. The highest BCUT2D eigenvalue weighted by Crippen LogP contribution is 2.55.